The lowest BCUT2D eigenvalue weighted by molar-refractivity contribution is 0.119. The Morgan fingerprint density at radius 2 is 1.73 bits per heavy atom. The zero-order chi connectivity index (χ0) is 21.9. The Labute approximate surface area is 182 Å². The minimum atomic E-state index is 0.118. The summed E-state index contributed by atoms with van der Waals surface area (Å²) in [5.74, 6) is 1.59. The first-order chi connectivity index (χ1) is 13.9. The molecule has 1 aromatic carbocycles. The van der Waals surface area contributed by atoms with Crippen molar-refractivity contribution in [3.05, 3.63) is 53.0 Å². The second-order valence-electron chi connectivity index (χ2n) is 11.4. The van der Waals surface area contributed by atoms with Crippen molar-refractivity contribution in [2.75, 3.05) is 4.90 Å². The van der Waals surface area contributed by atoms with E-state index in [-0.39, 0.29) is 10.8 Å². The average molecular weight is 402 g/mol. The lowest BCUT2D eigenvalue weighted by atomic mass is 9.55. The number of furan rings is 1. The Hall–Kier alpha value is -2.40. The molecule has 2 heteroatoms. The monoisotopic (exact) mass is 401 g/mol. The van der Waals surface area contributed by atoms with Crippen LogP contribution in [0.15, 0.2) is 40.5 Å². The van der Waals surface area contributed by atoms with Crippen molar-refractivity contribution in [1.29, 1.82) is 0 Å². The van der Waals surface area contributed by atoms with Gasteiger partial charge in [-0.2, -0.15) is 0 Å². The maximum atomic E-state index is 6.10. The van der Waals surface area contributed by atoms with Crippen molar-refractivity contribution in [1.82, 2.24) is 0 Å². The molecule has 1 heterocycles. The normalized spacial score (nSPS) is 21.8. The van der Waals surface area contributed by atoms with Crippen LogP contribution in [-0.2, 0) is 11.8 Å². The van der Waals surface area contributed by atoms with Gasteiger partial charge >= 0.3 is 0 Å². The van der Waals surface area contributed by atoms with Gasteiger partial charge in [0.25, 0.3) is 0 Å². The molecule has 0 bridgehead atoms. The van der Waals surface area contributed by atoms with Gasteiger partial charge < -0.3 is 4.42 Å². The van der Waals surface area contributed by atoms with Gasteiger partial charge in [0.1, 0.15) is 17.7 Å². The second kappa shape index (κ2) is 6.81. The minimum absolute atomic E-state index is 0.118. The molecule has 0 aliphatic heterocycles. The maximum Gasteiger partial charge on any atom is 0.116 e. The maximum absolute atomic E-state index is 6.10. The molecule has 0 spiro atoms. The molecule has 158 valence electrons. The summed E-state index contributed by atoms with van der Waals surface area (Å²) in [6.07, 6.45) is 13.7. The number of anilines is 2. The van der Waals surface area contributed by atoms with Crippen LogP contribution in [0, 0.1) is 29.2 Å². The van der Waals surface area contributed by atoms with Crippen LogP contribution in [0.3, 0.4) is 0 Å². The standard InChI is InChI=1S/C28H35NO/c1-9-29(20-12-10-19(11-13-20)26(2,3)4)24-18-30-25-17-23-22(16-21(24)25)27(5,6)14-15-28(23,7)8/h1,10-13,16,18,23H,14-15,17H2,2-8H3. The van der Waals surface area contributed by atoms with E-state index >= 15 is 0 Å². The summed E-state index contributed by atoms with van der Waals surface area (Å²) in [5.41, 5.74) is 6.60. The van der Waals surface area contributed by atoms with Gasteiger partial charge in [-0.15, -0.1) is 0 Å². The molecule has 1 fully saturated rings. The summed E-state index contributed by atoms with van der Waals surface area (Å²) in [6.45, 7) is 16.3. The van der Waals surface area contributed by atoms with Crippen molar-refractivity contribution in [2.24, 2.45) is 16.7 Å². The fourth-order valence-electron chi connectivity index (χ4n) is 5.15. The van der Waals surface area contributed by atoms with E-state index in [1.165, 1.54) is 18.4 Å². The molecule has 2 aromatic rings. The third-order valence-corrected chi connectivity index (χ3v) is 7.43. The predicted octanol–water partition coefficient (Wildman–Crippen LogP) is 7.71. The summed E-state index contributed by atoms with van der Waals surface area (Å²) in [4.78, 5) is 1.92. The predicted molar refractivity (Wildman–Crippen MR) is 127 cm³/mol. The summed E-state index contributed by atoms with van der Waals surface area (Å²) in [5, 5.41) is 0. The molecular formula is C28H35NO. The molecular weight excluding hydrogens is 366 g/mol. The fraction of sp³-hybridized carbons (Fsp3) is 0.500. The van der Waals surface area contributed by atoms with Crippen LogP contribution in [0.25, 0.3) is 6.08 Å². The number of rotatable bonds is 2. The van der Waals surface area contributed by atoms with Crippen LogP contribution >= 0.6 is 0 Å². The molecule has 2 nitrogen and oxygen atoms in total. The average Bonchev–Trinajstić information content (AvgIpc) is 3.08. The van der Waals surface area contributed by atoms with Crippen LogP contribution < -0.4 is 4.90 Å². The fourth-order valence-corrected chi connectivity index (χ4v) is 5.15. The molecule has 0 saturated heterocycles. The number of allylic oxidation sites excluding steroid dienone is 1. The van der Waals surface area contributed by atoms with E-state index in [9.17, 15) is 0 Å². The van der Waals surface area contributed by atoms with Gasteiger partial charge in [-0.3, -0.25) is 4.90 Å². The van der Waals surface area contributed by atoms with Crippen molar-refractivity contribution in [3.63, 3.8) is 0 Å². The van der Waals surface area contributed by atoms with E-state index in [1.54, 1.807) is 5.57 Å². The van der Waals surface area contributed by atoms with Crippen LogP contribution in [-0.4, -0.2) is 0 Å². The Kier molecular flexibility index (Phi) is 4.73. The van der Waals surface area contributed by atoms with Crippen LogP contribution in [0.1, 0.15) is 78.2 Å². The Balaban J connectivity index is 1.76. The van der Waals surface area contributed by atoms with Crippen molar-refractivity contribution in [3.8, 4) is 12.5 Å². The number of terminal acetylenes is 1. The largest absolute Gasteiger partial charge is 0.466 e. The van der Waals surface area contributed by atoms with E-state index in [0.717, 1.165) is 29.1 Å². The second-order valence-corrected chi connectivity index (χ2v) is 11.4. The van der Waals surface area contributed by atoms with Crippen molar-refractivity contribution in [2.45, 2.75) is 73.1 Å². The molecule has 0 radical (unpaired) electrons. The summed E-state index contributed by atoms with van der Waals surface area (Å²) < 4.78 is 6.10. The van der Waals surface area contributed by atoms with E-state index in [1.807, 2.05) is 11.2 Å². The van der Waals surface area contributed by atoms with E-state index in [2.05, 4.69) is 84.9 Å². The first kappa shape index (κ1) is 20.9. The number of benzene rings is 1. The molecule has 4 rings (SSSR count). The third-order valence-electron chi connectivity index (χ3n) is 7.43. The molecule has 0 N–H and O–H groups in total. The topological polar surface area (TPSA) is 16.4 Å². The zero-order valence-electron chi connectivity index (χ0n) is 19.6. The first-order valence-electron chi connectivity index (χ1n) is 11.1. The van der Waals surface area contributed by atoms with E-state index in [4.69, 9.17) is 10.8 Å². The molecule has 1 saturated carbocycles. The molecule has 1 unspecified atom stereocenters. The van der Waals surface area contributed by atoms with Crippen LogP contribution in [0.4, 0.5) is 11.4 Å². The SMILES string of the molecule is C#CN(c1ccc(C(C)(C)C)cc1)c1coc2c1C=C1C(C2)C(C)(C)CCC1(C)C. The highest BCUT2D eigenvalue weighted by molar-refractivity contribution is 5.79. The molecule has 0 amide bonds. The summed E-state index contributed by atoms with van der Waals surface area (Å²) >= 11 is 0. The van der Waals surface area contributed by atoms with Gasteiger partial charge in [-0.05, 0) is 58.8 Å². The zero-order valence-corrected chi connectivity index (χ0v) is 19.6. The number of fused-ring (bicyclic) bond motifs is 2. The third kappa shape index (κ3) is 3.39. The first-order valence-corrected chi connectivity index (χ1v) is 11.1. The summed E-state index contributed by atoms with van der Waals surface area (Å²) in [6, 6.07) is 11.5. The highest BCUT2D eigenvalue weighted by atomic mass is 16.3. The molecule has 1 atom stereocenters. The van der Waals surface area contributed by atoms with E-state index in [0.29, 0.717) is 11.3 Å². The highest BCUT2D eigenvalue weighted by Crippen LogP contribution is 2.56. The molecule has 1 aromatic heterocycles. The Bertz CT molecular complexity index is 1020. The lowest BCUT2D eigenvalue weighted by Crippen LogP contribution is -2.40. The smallest absolute Gasteiger partial charge is 0.116 e. The van der Waals surface area contributed by atoms with Gasteiger partial charge in [-0.1, -0.05) is 72.6 Å². The van der Waals surface area contributed by atoms with Crippen molar-refractivity contribution >= 4 is 17.5 Å². The molecule has 30 heavy (non-hydrogen) atoms. The van der Waals surface area contributed by atoms with Crippen LogP contribution in [0.2, 0.25) is 0 Å². The quantitative estimate of drug-likeness (QED) is 0.378. The van der Waals surface area contributed by atoms with Gasteiger partial charge in [-0.25, -0.2) is 0 Å². The van der Waals surface area contributed by atoms with Crippen molar-refractivity contribution < 1.29 is 4.42 Å². The number of hydrogen-bond acceptors (Lipinski definition) is 2. The lowest BCUT2D eigenvalue weighted by Gasteiger charge is -2.49. The van der Waals surface area contributed by atoms with Gasteiger partial charge in [0, 0.05) is 18.0 Å². The van der Waals surface area contributed by atoms with Gasteiger partial charge in [0.05, 0.1) is 5.69 Å². The van der Waals surface area contributed by atoms with Gasteiger partial charge in [0.2, 0.25) is 0 Å². The number of hydrogen-bond donors (Lipinski definition) is 0. The molecule has 2 aliphatic rings. The molecule has 2 aliphatic carbocycles. The Morgan fingerprint density at radius 1 is 1.07 bits per heavy atom. The van der Waals surface area contributed by atoms with E-state index < -0.39 is 0 Å². The Morgan fingerprint density at radius 3 is 2.33 bits per heavy atom. The van der Waals surface area contributed by atoms with Crippen LogP contribution in [0.5, 0.6) is 0 Å². The minimum Gasteiger partial charge on any atom is -0.466 e. The highest BCUT2D eigenvalue weighted by Gasteiger charge is 2.46. The number of nitrogens with zero attached hydrogens (tertiary/aromatic N) is 1. The van der Waals surface area contributed by atoms with Gasteiger partial charge in [0.15, 0.2) is 0 Å². The summed E-state index contributed by atoms with van der Waals surface area (Å²) in [7, 11) is 0.